The Kier molecular flexibility index (Phi) is 12.6. The van der Waals surface area contributed by atoms with Crippen molar-refractivity contribution in [3.8, 4) is 5.75 Å². The van der Waals surface area contributed by atoms with Gasteiger partial charge in [-0.1, -0.05) is 49.2 Å². The van der Waals surface area contributed by atoms with Gasteiger partial charge in [-0.2, -0.15) is 13.2 Å². The van der Waals surface area contributed by atoms with Gasteiger partial charge in [0.05, 0.1) is 31.2 Å². The standard InChI is InChI=1S/C32H41F3N2O6/c1-22-26(29(39)41-3)19-31(23(2)37-22,27-15-9-10-16-28(27)32(33,34)35)30(40)42-18-12-5-4-11-17-36-20-24(38)21-43-25-13-7-6-8-14-25/h6-10,13-16,23-24,26,36,38H,4-5,11-12,17-21H2,1-3H3. The summed E-state index contributed by atoms with van der Waals surface area (Å²) in [7, 11) is 1.19. The van der Waals surface area contributed by atoms with Gasteiger partial charge in [0.1, 0.15) is 23.9 Å². The number of aliphatic hydroxyl groups excluding tert-OH is 1. The quantitative estimate of drug-likeness (QED) is 0.214. The van der Waals surface area contributed by atoms with Gasteiger partial charge >= 0.3 is 18.1 Å². The van der Waals surface area contributed by atoms with Crippen LogP contribution >= 0.6 is 0 Å². The second kappa shape index (κ2) is 15.9. The van der Waals surface area contributed by atoms with E-state index in [2.05, 4.69) is 10.3 Å². The minimum atomic E-state index is -4.72. The Morgan fingerprint density at radius 3 is 2.44 bits per heavy atom. The maximum Gasteiger partial charge on any atom is 0.416 e. The van der Waals surface area contributed by atoms with Crippen molar-refractivity contribution in [2.45, 2.75) is 69.7 Å². The van der Waals surface area contributed by atoms with E-state index in [-0.39, 0.29) is 25.2 Å². The number of rotatable bonds is 15. The third-order valence-electron chi connectivity index (χ3n) is 7.75. The second-order valence-electron chi connectivity index (χ2n) is 10.8. The molecule has 0 bridgehead atoms. The molecule has 8 nitrogen and oxygen atoms in total. The second-order valence-corrected chi connectivity index (χ2v) is 10.8. The van der Waals surface area contributed by atoms with Crippen LogP contribution in [-0.2, 0) is 30.7 Å². The lowest BCUT2D eigenvalue weighted by Gasteiger charge is -2.42. The molecule has 2 N–H and O–H groups in total. The molecule has 4 atom stereocenters. The van der Waals surface area contributed by atoms with Gasteiger partial charge in [-0.15, -0.1) is 0 Å². The van der Waals surface area contributed by atoms with Crippen LogP contribution in [-0.4, -0.2) is 68.3 Å². The van der Waals surface area contributed by atoms with Gasteiger partial charge in [-0.05, 0) is 63.4 Å². The van der Waals surface area contributed by atoms with E-state index in [0.717, 1.165) is 25.3 Å². The highest BCUT2D eigenvalue weighted by molar-refractivity contribution is 6.03. The maximum absolute atomic E-state index is 14.1. The molecule has 2 aromatic rings. The van der Waals surface area contributed by atoms with Crippen molar-refractivity contribution in [1.82, 2.24) is 5.32 Å². The van der Waals surface area contributed by atoms with Crippen LogP contribution < -0.4 is 10.1 Å². The van der Waals surface area contributed by atoms with Gasteiger partial charge in [0.2, 0.25) is 0 Å². The Morgan fingerprint density at radius 2 is 1.74 bits per heavy atom. The summed E-state index contributed by atoms with van der Waals surface area (Å²) in [5.41, 5.74) is -2.63. The smallest absolute Gasteiger partial charge is 0.416 e. The fourth-order valence-corrected chi connectivity index (χ4v) is 5.40. The maximum atomic E-state index is 14.1. The Balaban J connectivity index is 1.53. The van der Waals surface area contributed by atoms with Crippen molar-refractivity contribution < 1.29 is 42.1 Å². The summed E-state index contributed by atoms with van der Waals surface area (Å²) in [5, 5.41) is 13.3. The van der Waals surface area contributed by atoms with Crippen LogP contribution in [0.4, 0.5) is 13.2 Å². The molecule has 1 aliphatic heterocycles. The molecular formula is C32H41F3N2O6. The number of hydrogen-bond donors (Lipinski definition) is 2. The number of benzene rings is 2. The van der Waals surface area contributed by atoms with E-state index in [9.17, 15) is 27.9 Å². The molecule has 4 unspecified atom stereocenters. The SMILES string of the molecule is COC(=O)C1CC(C(=O)OCCCCCCNCC(O)COc2ccccc2)(c2ccccc2C(F)(F)F)C(C)N=C1C. The highest BCUT2D eigenvalue weighted by Crippen LogP contribution is 2.46. The lowest BCUT2D eigenvalue weighted by molar-refractivity contribution is -0.155. The summed E-state index contributed by atoms with van der Waals surface area (Å²) in [6.45, 7) is 4.46. The number of esters is 2. The predicted octanol–water partition coefficient (Wildman–Crippen LogP) is 5.12. The number of hydrogen-bond acceptors (Lipinski definition) is 8. The number of para-hydroxylation sites is 1. The number of carbonyl (C=O) groups excluding carboxylic acids is 2. The van der Waals surface area contributed by atoms with Crippen molar-refractivity contribution in [2.75, 3.05) is 33.4 Å². The van der Waals surface area contributed by atoms with Crippen LogP contribution in [0, 0.1) is 5.92 Å². The fourth-order valence-electron chi connectivity index (χ4n) is 5.40. The molecule has 43 heavy (non-hydrogen) atoms. The van der Waals surface area contributed by atoms with E-state index < -0.39 is 47.2 Å². The van der Waals surface area contributed by atoms with Crippen LogP contribution in [0.5, 0.6) is 5.75 Å². The molecule has 0 spiro atoms. The van der Waals surface area contributed by atoms with Crippen LogP contribution in [0.15, 0.2) is 59.6 Å². The normalized spacial score (nSPS) is 21.0. The van der Waals surface area contributed by atoms with Crippen LogP contribution in [0.2, 0.25) is 0 Å². The van der Waals surface area contributed by atoms with E-state index >= 15 is 0 Å². The first-order chi connectivity index (χ1) is 20.5. The summed E-state index contributed by atoms with van der Waals surface area (Å²) < 4.78 is 58.3. The van der Waals surface area contributed by atoms with Gasteiger partial charge in [0.15, 0.2) is 0 Å². The Hall–Kier alpha value is -3.44. The van der Waals surface area contributed by atoms with Gasteiger partial charge in [0, 0.05) is 12.3 Å². The first-order valence-electron chi connectivity index (χ1n) is 14.5. The minimum Gasteiger partial charge on any atom is -0.491 e. The summed E-state index contributed by atoms with van der Waals surface area (Å²) in [6.07, 6.45) is -2.70. The predicted molar refractivity (Wildman–Crippen MR) is 156 cm³/mol. The zero-order valence-corrected chi connectivity index (χ0v) is 24.9. The van der Waals surface area contributed by atoms with E-state index in [1.165, 1.54) is 25.3 Å². The molecule has 0 aliphatic carbocycles. The number of aliphatic imine (C=N–C) groups is 1. The molecule has 0 amide bonds. The zero-order chi connectivity index (χ0) is 31.5. The molecule has 0 aromatic heterocycles. The summed E-state index contributed by atoms with van der Waals surface area (Å²) in [6, 6.07) is 13.2. The molecule has 236 valence electrons. The molecule has 2 aromatic carbocycles. The number of alkyl halides is 3. The van der Waals surface area contributed by atoms with Crippen molar-refractivity contribution >= 4 is 17.7 Å². The topological polar surface area (TPSA) is 106 Å². The highest BCUT2D eigenvalue weighted by Gasteiger charge is 2.55. The number of nitrogens with zero attached hydrogens (tertiary/aromatic N) is 1. The molecular weight excluding hydrogens is 565 g/mol. The molecule has 0 fully saturated rings. The Labute approximate surface area is 250 Å². The third kappa shape index (κ3) is 9.03. The molecule has 0 saturated heterocycles. The van der Waals surface area contributed by atoms with E-state index in [1.807, 2.05) is 30.3 Å². The molecule has 1 heterocycles. The molecule has 3 rings (SSSR count). The number of nitrogens with one attached hydrogen (secondary N) is 1. The molecule has 0 radical (unpaired) electrons. The Bertz CT molecular complexity index is 1220. The van der Waals surface area contributed by atoms with Crippen molar-refractivity contribution in [2.24, 2.45) is 10.9 Å². The van der Waals surface area contributed by atoms with Crippen LogP contribution in [0.1, 0.15) is 57.1 Å². The molecule has 1 aliphatic rings. The number of ether oxygens (including phenoxy) is 3. The number of unbranched alkanes of at least 4 members (excludes halogenated alkanes) is 3. The van der Waals surface area contributed by atoms with Crippen molar-refractivity contribution in [1.29, 1.82) is 0 Å². The molecule has 0 saturated carbocycles. The van der Waals surface area contributed by atoms with E-state index in [0.29, 0.717) is 31.0 Å². The number of methoxy groups -OCH3 is 1. The zero-order valence-electron chi connectivity index (χ0n) is 24.9. The minimum absolute atomic E-state index is 0.0239. The number of halogens is 3. The van der Waals surface area contributed by atoms with Crippen LogP contribution in [0.3, 0.4) is 0 Å². The van der Waals surface area contributed by atoms with Crippen LogP contribution in [0.25, 0.3) is 0 Å². The van der Waals surface area contributed by atoms with Crippen molar-refractivity contribution in [3.05, 3.63) is 65.7 Å². The average Bonchev–Trinajstić information content (AvgIpc) is 2.99. The average molecular weight is 607 g/mol. The lowest BCUT2D eigenvalue weighted by atomic mass is 9.65. The number of carbonyl (C=O) groups is 2. The summed E-state index contributed by atoms with van der Waals surface area (Å²) in [5.74, 6) is -1.79. The van der Waals surface area contributed by atoms with Gasteiger partial charge in [0.25, 0.3) is 0 Å². The number of aliphatic hydroxyl groups is 1. The monoisotopic (exact) mass is 606 g/mol. The lowest BCUT2D eigenvalue weighted by Crippen LogP contribution is -2.53. The van der Waals surface area contributed by atoms with Crippen molar-refractivity contribution in [3.63, 3.8) is 0 Å². The van der Waals surface area contributed by atoms with Gasteiger partial charge in [-0.25, -0.2) is 0 Å². The Morgan fingerprint density at radius 1 is 1.07 bits per heavy atom. The van der Waals surface area contributed by atoms with E-state index in [4.69, 9.17) is 14.2 Å². The highest BCUT2D eigenvalue weighted by atomic mass is 19.4. The fraction of sp³-hybridized carbons (Fsp3) is 0.531. The summed E-state index contributed by atoms with van der Waals surface area (Å²) in [4.78, 5) is 30.7. The van der Waals surface area contributed by atoms with Gasteiger partial charge < -0.3 is 24.6 Å². The van der Waals surface area contributed by atoms with Gasteiger partial charge in [-0.3, -0.25) is 14.6 Å². The van der Waals surface area contributed by atoms with E-state index in [1.54, 1.807) is 13.8 Å². The summed E-state index contributed by atoms with van der Waals surface area (Å²) >= 11 is 0. The first-order valence-corrected chi connectivity index (χ1v) is 14.5. The largest absolute Gasteiger partial charge is 0.491 e. The first kappa shape index (κ1) is 34.1. The third-order valence-corrected chi connectivity index (χ3v) is 7.75. The molecule has 11 heteroatoms.